The number of aromatic nitrogens is 2. The van der Waals surface area contributed by atoms with Crippen molar-refractivity contribution < 1.29 is 4.79 Å². The first-order valence-corrected chi connectivity index (χ1v) is 10.4. The largest absolute Gasteiger partial charge is 0.328 e. The highest BCUT2D eigenvalue weighted by atomic mass is 35.5. The molecule has 7 nitrogen and oxygen atoms in total. The lowest BCUT2D eigenvalue weighted by molar-refractivity contribution is 0.209. The van der Waals surface area contributed by atoms with Gasteiger partial charge >= 0.3 is 6.03 Å². The summed E-state index contributed by atoms with van der Waals surface area (Å²) in [6.07, 6.45) is 4.04. The van der Waals surface area contributed by atoms with Crippen molar-refractivity contribution in [3.8, 4) is 0 Å². The number of carbonyl (C=O) groups is 1. The van der Waals surface area contributed by atoms with E-state index in [0.29, 0.717) is 27.6 Å². The zero-order valence-electron chi connectivity index (χ0n) is 16.2. The molecule has 2 heterocycles. The first-order valence-electron chi connectivity index (χ1n) is 9.63. The van der Waals surface area contributed by atoms with Gasteiger partial charge in [-0.1, -0.05) is 36.0 Å². The van der Waals surface area contributed by atoms with Crippen LogP contribution in [0.15, 0.2) is 29.3 Å². The Kier molecular flexibility index (Phi) is 5.61. The monoisotopic (exact) mass is 432 g/mol. The molecule has 4 rings (SSSR count). The van der Waals surface area contributed by atoms with Gasteiger partial charge in [0.2, 0.25) is 11.9 Å². The highest BCUT2D eigenvalue weighted by Crippen LogP contribution is 2.32. The van der Waals surface area contributed by atoms with E-state index in [9.17, 15) is 4.79 Å². The summed E-state index contributed by atoms with van der Waals surface area (Å²) in [5, 5.41) is 6.89. The number of hydrogen-bond acceptors (Lipinski definition) is 5. The maximum absolute atomic E-state index is 13.2. The molecule has 2 atom stereocenters. The lowest BCUT2D eigenvalue weighted by Gasteiger charge is -2.31. The van der Waals surface area contributed by atoms with E-state index in [-0.39, 0.29) is 18.1 Å². The van der Waals surface area contributed by atoms with Crippen molar-refractivity contribution in [1.82, 2.24) is 14.9 Å². The van der Waals surface area contributed by atoms with Crippen LogP contribution in [-0.4, -0.2) is 38.9 Å². The second-order valence-electron chi connectivity index (χ2n) is 7.40. The molecule has 1 aromatic carbocycles. The smallest absolute Gasteiger partial charge is 0.307 e. The topological polar surface area (TPSA) is 82.5 Å². The van der Waals surface area contributed by atoms with Crippen LogP contribution in [0, 0.1) is 13.8 Å². The van der Waals surface area contributed by atoms with Gasteiger partial charge in [-0.3, -0.25) is 10.2 Å². The summed E-state index contributed by atoms with van der Waals surface area (Å²) >= 11 is 12.1. The van der Waals surface area contributed by atoms with Crippen molar-refractivity contribution in [1.29, 1.82) is 0 Å². The van der Waals surface area contributed by atoms with Gasteiger partial charge in [-0.15, -0.1) is 0 Å². The molecule has 0 spiro atoms. The number of nitrogens with one attached hydrogen (secondary N) is 2. The molecule has 0 unspecified atom stereocenters. The van der Waals surface area contributed by atoms with Gasteiger partial charge in [-0.25, -0.2) is 19.8 Å². The Hall–Kier alpha value is -2.38. The van der Waals surface area contributed by atoms with Crippen LogP contribution in [0.4, 0.5) is 16.4 Å². The van der Waals surface area contributed by atoms with Crippen molar-refractivity contribution in [2.75, 3.05) is 10.6 Å². The number of anilines is 2. The van der Waals surface area contributed by atoms with Crippen LogP contribution >= 0.6 is 23.2 Å². The number of benzene rings is 1. The van der Waals surface area contributed by atoms with Gasteiger partial charge < -0.3 is 5.32 Å². The first-order chi connectivity index (χ1) is 13.9. The zero-order valence-corrected chi connectivity index (χ0v) is 17.8. The molecule has 2 aromatic rings. The molecule has 2 N–H and O–H groups in total. The molecule has 1 aromatic heterocycles. The van der Waals surface area contributed by atoms with E-state index >= 15 is 0 Å². The Morgan fingerprint density at radius 3 is 2.52 bits per heavy atom. The number of halogens is 2. The molecule has 1 aliphatic carbocycles. The maximum Gasteiger partial charge on any atom is 0.328 e. The van der Waals surface area contributed by atoms with E-state index in [1.165, 1.54) is 0 Å². The van der Waals surface area contributed by atoms with E-state index in [2.05, 4.69) is 20.6 Å². The van der Waals surface area contributed by atoms with Gasteiger partial charge in [-0.05, 0) is 51.0 Å². The standard InChI is InChI=1S/C20H22Cl2N6O/c1-11-9-12(2)24-18(23-11)27-19-26-16-5-3-4-6-17(16)28(19)20(29)25-13-7-8-14(21)15(22)10-13/h7-10,16-17H,3-6H2,1-2H3,(H,25,29)(H,23,24,26,27)/t16-,17+/m0/s1. The minimum Gasteiger partial charge on any atom is -0.307 e. The number of aryl methyl sites for hydroxylation is 2. The highest BCUT2D eigenvalue weighted by Gasteiger charge is 2.41. The normalized spacial score (nSPS) is 20.8. The highest BCUT2D eigenvalue weighted by molar-refractivity contribution is 6.42. The molecular weight excluding hydrogens is 411 g/mol. The fourth-order valence-corrected chi connectivity index (χ4v) is 4.20. The summed E-state index contributed by atoms with van der Waals surface area (Å²) in [5.74, 6) is 0.914. The van der Waals surface area contributed by atoms with Gasteiger partial charge in [0.25, 0.3) is 0 Å². The van der Waals surface area contributed by atoms with Crippen molar-refractivity contribution in [2.24, 2.45) is 4.99 Å². The summed E-state index contributed by atoms with van der Waals surface area (Å²) in [4.78, 5) is 28.5. The summed E-state index contributed by atoms with van der Waals surface area (Å²) in [6, 6.07) is 6.73. The fourth-order valence-electron chi connectivity index (χ4n) is 3.90. The predicted molar refractivity (Wildman–Crippen MR) is 116 cm³/mol. The third kappa shape index (κ3) is 4.31. The molecule has 9 heteroatoms. The van der Waals surface area contributed by atoms with Gasteiger partial charge in [0.15, 0.2) is 0 Å². The number of aliphatic imine (C=N–C) groups is 1. The van der Waals surface area contributed by atoms with Crippen molar-refractivity contribution in [2.45, 2.75) is 51.6 Å². The third-order valence-corrected chi connectivity index (χ3v) is 5.88. The fraction of sp³-hybridized carbons (Fsp3) is 0.400. The lowest BCUT2D eigenvalue weighted by Crippen LogP contribution is -2.49. The molecule has 152 valence electrons. The summed E-state index contributed by atoms with van der Waals surface area (Å²) in [6.45, 7) is 3.82. The second kappa shape index (κ2) is 8.16. The van der Waals surface area contributed by atoms with Crippen molar-refractivity contribution >= 4 is 46.8 Å². The number of fused-ring (bicyclic) bond motifs is 1. The van der Waals surface area contributed by atoms with Crippen LogP contribution < -0.4 is 10.6 Å². The van der Waals surface area contributed by atoms with Crippen molar-refractivity contribution in [3.63, 3.8) is 0 Å². The number of rotatable bonds is 2. The van der Waals surface area contributed by atoms with Crippen LogP contribution in [0.2, 0.25) is 10.0 Å². The quantitative estimate of drug-likeness (QED) is 0.696. The average Bonchev–Trinajstić information content (AvgIpc) is 3.01. The summed E-state index contributed by atoms with van der Waals surface area (Å²) < 4.78 is 0. The van der Waals surface area contributed by atoms with Crippen LogP contribution in [0.5, 0.6) is 0 Å². The molecule has 2 amide bonds. The number of amides is 2. The van der Waals surface area contributed by atoms with Crippen molar-refractivity contribution in [3.05, 3.63) is 45.7 Å². The Balaban J connectivity index is 1.59. The van der Waals surface area contributed by atoms with E-state index in [1.807, 2.05) is 19.9 Å². The zero-order chi connectivity index (χ0) is 20.5. The van der Waals surface area contributed by atoms with Gasteiger partial charge in [0, 0.05) is 17.1 Å². The number of carbonyl (C=O) groups excluding carboxylic acids is 1. The average molecular weight is 433 g/mol. The lowest BCUT2D eigenvalue weighted by atomic mass is 9.91. The molecule has 0 bridgehead atoms. The minimum atomic E-state index is -0.270. The first kappa shape index (κ1) is 19.9. The van der Waals surface area contributed by atoms with Crippen LogP contribution in [0.1, 0.15) is 37.1 Å². The summed E-state index contributed by atoms with van der Waals surface area (Å²) in [5.41, 5.74) is 2.27. The molecule has 1 aliphatic heterocycles. The van der Waals surface area contributed by atoms with E-state index in [1.54, 1.807) is 23.1 Å². The molecule has 1 fully saturated rings. The summed E-state index contributed by atoms with van der Waals surface area (Å²) in [7, 11) is 0. The van der Waals surface area contributed by atoms with Gasteiger partial charge in [0.1, 0.15) is 0 Å². The van der Waals surface area contributed by atoms with Crippen LogP contribution in [0.25, 0.3) is 0 Å². The minimum absolute atomic E-state index is 0.0138. The van der Waals surface area contributed by atoms with E-state index in [0.717, 1.165) is 37.1 Å². The third-order valence-electron chi connectivity index (χ3n) is 5.14. The molecule has 2 aliphatic rings. The SMILES string of the molecule is Cc1cc(C)nc(NC2=N[C@H]3CCCC[C@H]3N2C(=O)Nc2ccc(Cl)c(Cl)c2)n1. The predicted octanol–water partition coefficient (Wildman–Crippen LogP) is 5.03. The van der Waals surface area contributed by atoms with Gasteiger partial charge in [-0.2, -0.15) is 0 Å². The Morgan fingerprint density at radius 1 is 1.07 bits per heavy atom. The second-order valence-corrected chi connectivity index (χ2v) is 8.21. The maximum atomic E-state index is 13.2. The Bertz CT molecular complexity index is 959. The number of nitrogens with zero attached hydrogens (tertiary/aromatic N) is 4. The molecule has 0 radical (unpaired) electrons. The number of urea groups is 1. The Morgan fingerprint density at radius 2 is 1.79 bits per heavy atom. The molecule has 1 saturated carbocycles. The van der Waals surface area contributed by atoms with Crippen LogP contribution in [0.3, 0.4) is 0 Å². The van der Waals surface area contributed by atoms with Gasteiger partial charge in [0.05, 0.1) is 22.1 Å². The Labute approximate surface area is 179 Å². The molecule has 29 heavy (non-hydrogen) atoms. The molecule has 0 saturated heterocycles. The molecular formula is C20H22Cl2N6O. The van der Waals surface area contributed by atoms with E-state index < -0.39 is 0 Å². The number of guanidine groups is 1. The number of hydrogen-bond donors (Lipinski definition) is 2. The van der Waals surface area contributed by atoms with Crippen LogP contribution in [-0.2, 0) is 0 Å². The van der Waals surface area contributed by atoms with E-state index in [4.69, 9.17) is 28.2 Å².